The van der Waals surface area contributed by atoms with Crippen molar-refractivity contribution in [2.24, 2.45) is 5.92 Å². The van der Waals surface area contributed by atoms with Gasteiger partial charge in [0.25, 0.3) is 0 Å². The first-order valence-electron chi connectivity index (χ1n) is 8.75. The molecule has 0 rings (SSSR count). The van der Waals surface area contributed by atoms with Gasteiger partial charge in [-0.05, 0) is 77.0 Å². The highest BCUT2D eigenvalue weighted by atomic mass is 14.1. The SMILES string of the molecule is C=CCCCCC(=CCCCCC=CC)CC(C)CC=C. The van der Waals surface area contributed by atoms with E-state index in [2.05, 4.69) is 51.3 Å². The minimum Gasteiger partial charge on any atom is -0.103 e. The normalized spacial score (nSPS) is 13.5. The van der Waals surface area contributed by atoms with Crippen LogP contribution in [0.25, 0.3) is 0 Å². The lowest BCUT2D eigenvalue weighted by Crippen LogP contribution is -1.96. The Kier molecular flexibility index (Phi) is 14.6. The van der Waals surface area contributed by atoms with E-state index in [0.29, 0.717) is 0 Å². The quantitative estimate of drug-likeness (QED) is 0.231. The summed E-state index contributed by atoms with van der Waals surface area (Å²) in [6.45, 7) is 12.1. The predicted molar refractivity (Wildman–Crippen MR) is 98.6 cm³/mol. The van der Waals surface area contributed by atoms with Gasteiger partial charge in [0.05, 0.1) is 0 Å². The second kappa shape index (κ2) is 15.4. The first-order valence-corrected chi connectivity index (χ1v) is 8.75. The number of rotatable bonds is 14. The van der Waals surface area contributed by atoms with Crippen LogP contribution in [0.3, 0.4) is 0 Å². The second-order valence-corrected chi connectivity index (χ2v) is 6.08. The van der Waals surface area contributed by atoms with Crippen molar-refractivity contribution in [3.05, 3.63) is 49.1 Å². The van der Waals surface area contributed by atoms with Crippen LogP contribution in [-0.2, 0) is 0 Å². The summed E-state index contributed by atoms with van der Waals surface area (Å²) in [7, 11) is 0. The third kappa shape index (κ3) is 13.7. The highest BCUT2D eigenvalue weighted by Gasteiger charge is 2.04. The molecular weight excluding hydrogens is 252 g/mol. The van der Waals surface area contributed by atoms with Crippen molar-refractivity contribution >= 4 is 0 Å². The lowest BCUT2D eigenvalue weighted by Gasteiger charge is -2.13. The molecule has 0 aliphatic rings. The molecule has 0 heterocycles. The average Bonchev–Trinajstić information content (AvgIpc) is 2.47. The summed E-state index contributed by atoms with van der Waals surface area (Å²) in [6, 6.07) is 0. The maximum absolute atomic E-state index is 3.86. The first kappa shape index (κ1) is 20.0. The monoisotopic (exact) mass is 288 g/mol. The summed E-state index contributed by atoms with van der Waals surface area (Å²) in [6.07, 6.45) is 23.5. The van der Waals surface area contributed by atoms with Gasteiger partial charge in [0.1, 0.15) is 0 Å². The van der Waals surface area contributed by atoms with Crippen LogP contribution in [0, 0.1) is 5.92 Å². The van der Waals surface area contributed by atoms with Gasteiger partial charge in [-0.3, -0.25) is 0 Å². The Labute approximate surface area is 133 Å². The molecule has 0 saturated heterocycles. The zero-order chi connectivity index (χ0) is 15.8. The lowest BCUT2D eigenvalue weighted by molar-refractivity contribution is 0.563. The fraction of sp³-hybridized carbons (Fsp3) is 0.619. The fourth-order valence-electron chi connectivity index (χ4n) is 2.62. The Hall–Kier alpha value is -1.04. The van der Waals surface area contributed by atoms with Crippen molar-refractivity contribution in [2.75, 3.05) is 0 Å². The third-order valence-corrected chi connectivity index (χ3v) is 3.83. The Morgan fingerprint density at radius 1 is 0.952 bits per heavy atom. The first-order chi connectivity index (χ1) is 10.2. The molecule has 0 aliphatic carbocycles. The van der Waals surface area contributed by atoms with E-state index in [-0.39, 0.29) is 0 Å². The smallest absolute Gasteiger partial charge is 0.0291 e. The van der Waals surface area contributed by atoms with Crippen LogP contribution in [0.4, 0.5) is 0 Å². The summed E-state index contributed by atoms with van der Waals surface area (Å²) >= 11 is 0. The van der Waals surface area contributed by atoms with Crippen LogP contribution in [0.15, 0.2) is 49.1 Å². The molecule has 0 aromatic heterocycles. The Balaban J connectivity index is 4.13. The molecule has 0 radical (unpaired) electrons. The standard InChI is InChI=1S/C21H36/c1-5-8-10-12-13-15-18-21(17-14-11-9-6-2)19-20(4)16-7-3/h5-8,18,20H,2-3,9-17,19H2,1,4H3. The van der Waals surface area contributed by atoms with E-state index in [1.807, 2.05) is 6.08 Å². The van der Waals surface area contributed by atoms with E-state index in [0.717, 1.165) is 18.8 Å². The molecule has 0 heteroatoms. The molecule has 0 bridgehead atoms. The van der Waals surface area contributed by atoms with E-state index >= 15 is 0 Å². The van der Waals surface area contributed by atoms with Crippen molar-refractivity contribution in [1.82, 2.24) is 0 Å². The topological polar surface area (TPSA) is 0 Å². The number of hydrogen-bond donors (Lipinski definition) is 0. The maximum atomic E-state index is 3.86. The second-order valence-electron chi connectivity index (χ2n) is 6.08. The van der Waals surface area contributed by atoms with E-state index < -0.39 is 0 Å². The van der Waals surface area contributed by atoms with Crippen LogP contribution < -0.4 is 0 Å². The fourth-order valence-corrected chi connectivity index (χ4v) is 2.62. The van der Waals surface area contributed by atoms with Gasteiger partial charge in [-0.2, -0.15) is 0 Å². The van der Waals surface area contributed by atoms with Crippen molar-refractivity contribution < 1.29 is 0 Å². The summed E-state index contributed by atoms with van der Waals surface area (Å²) in [5, 5.41) is 0. The van der Waals surface area contributed by atoms with E-state index in [1.165, 1.54) is 51.4 Å². The van der Waals surface area contributed by atoms with Gasteiger partial charge in [-0.1, -0.05) is 42.9 Å². The molecule has 0 aromatic rings. The molecule has 21 heavy (non-hydrogen) atoms. The largest absolute Gasteiger partial charge is 0.103 e. The number of hydrogen-bond acceptors (Lipinski definition) is 0. The molecule has 0 fully saturated rings. The Morgan fingerprint density at radius 2 is 1.67 bits per heavy atom. The highest BCUT2D eigenvalue weighted by Crippen LogP contribution is 2.21. The lowest BCUT2D eigenvalue weighted by atomic mass is 9.93. The Morgan fingerprint density at radius 3 is 2.33 bits per heavy atom. The summed E-state index contributed by atoms with van der Waals surface area (Å²) in [5.74, 6) is 0.733. The van der Waals surface area contributed by atoms with Gasteiger partial charge in [0.2, 0.25) is 0 Å². The van der Waals surface area contributed by atoms with Gasteiger partial charge in [0, 0.05) is 0 Å². The molecule has 0 amide bonds. The molecule has 0 aliphatic heterocycles. The molecule has 0 spiro atoms. The van der Waals surface area contributed by atoms with Crippen molar-refractivity contribution in [2.45, 2.75) is 78.1 Å². The van der Waals surface area contributed by atoms with Gasteiger partial charge in [0.15, 0.2) is 0 Å². The molecule has 1 unspecified atom stereocenters. The van der Waals surface area contributed by atoms with Crippen LogP contribution >= 0.6 is 0 Å². The minimum atomic E-state index is 0.733. The summed E-state index contributed by atoms with van der Waals surface area (Å²) < 4.78 is 0. The van der Waals surface area contributed by atoms with Crippen molar-refractivity contribution in [1.29, 1.82) is 0 Å². The zero-order valence-electron chi connectivity index (χ0n) is 14.4. The van der Waals surface area contributed by atoms with Gasteiger partial charge in [-0.15, -0.1) is 13.2 Å². The van der Waals surface area contributed by atoms with Gasteiger partial charge in [-0.25, -0.2) is 0 Å². The number of unbranched alkanes of at least 4 members (excludes halogenated alkanes) is 5. The van der Waals surface area contributed by atoms with Crippen molar-refractivity contribution in [3.8, 4) is 0 Å². The predicted octanol–water partition coefficient (Wildman–Crippen LogP) is 7.40. The molecular formula is C21H36. The Bertz CT molecular complexity index is 306. The van der Waals surface area contributed by atoms with Crippen LogP contribution in [0.5, 0.6) is 0 Å². The van der Waals surface area contributed by atoms with Gasteiger partial charge < -0.3 is 0 Å². The summed E-state index contributed by atoms with van der Waals surface area (Å²) in [5.41, 5.74) is 1.67. The van der Waals surface area contributed by atoms with Crippen LogP contribution in [-0.4, -0.2) is 0 Å². The molecule has 0 aromatic carbocycles. The average molecular weight is 289 g/mol. The zero-order valence-corrected chi connectivity index (χ0v) is 14.4. The summed E-state index contributed by atoms with van der Waals surface area (Å²) in [4.78, 5) is 0. The van der Waals surface area contributed by atoms with E-state index in [4.69, 9.17) is 0 Å². The maximum Gasteiger partial charge on any atom is -0.0291 e. The molecule has 1 atom stereocenters. The van der Waals surface area contributed by atoms with Gasteiger partial charge >= 0.3 is 0 Å². The minimum absolute atomic E-state index is 0.733. The van der Waals surface area contributed by atoms with Crippen LogP contribution in [0.1, 0.15) is 78.1 Å². The van der Waals surface area contributed by atoms with Crippen molar-refractivity contribution in [3.63, 3.8) is 0 Å². The molecule has 0 N–H and O–H groups in total. The van der Waals surface area contributed by atoms with E-state index in [9.17, 15) is 0 Å². The molecule has 0 saturated carbocycles. The third-order valence-electron chi connectivity index (χ3n) is 3.83. The highest BCUT2D eigenvalue weighted by molar-refractivity contribution is 5.03. The molecule has 120 valence electrons. The van der Waals surface area contributed by atoms with Crippen LogP contribution in [0.2, 0.25) is 0 Å². The molecule has 0 nitrogen and oxygen atoms in total. The number of allylic oxidation sites excluding steroid dienone is 6. The van der Waals surface area contributed by atoms with E-state index in [1.54, 1.807) is 5.57 Å².